The maximum absolute atomic E-state index is 11.4. The van der Waals surface area contributed by atoms with Gasteiger partial charge in [-0.05, 0) is 78.3 Å². The van der Waals surface area contributed by atoms with Crippen molar-refractivity contribution in [3.63, 3.8) is 0 Å². The second kappa shape index (κ2) is 7.11. The molecule has 1 unspecified atom stereocenters. The van der Waals surface area contributed by atoms with Crippen LogP contribution in [-0.2, 0) is 5.41 Å². The van der Waals surface area contributed by atoms with Crippen LogP contribution in [0.5, 0.6) is 0 Å². The number of rotatable bonds is 4. The third kappa shape index (κ3) is 3.46. The van der Waals surface area contributed by atoms with Gasteiger partial charge in [0, 0.05) is 0 Å². The minimum atomic E-state index is -0.874. The van der Waals surface area contributed by atoms with E-state index < -0.39 is 5.97 Å². The lowest BCUT2D eigenvalue weighted by atomic mass is 9.65. The molecule has 0 bridgehead atoms. The van der Waals surface area contributed by atoms with E-state index in [0.29, 0.717) is 11.5 Å². The van der Waals surface area contributed by atoms with Gasteiger partial charge in [-0.3, -0.25) is 0 Å². The van der Waals surface area contributed by atoms with Crippen molar-refractivity contribution in [2.45, 2.75) is 58.3 Å². The molecule has 2 heteroatoms. The molecule has 1 aliphatic carbocycles. The summed E-state index contributed by atoms with van der Waals surface area (Å²) in [5, 5.41) is 9.33. The maximum atomic E-state index is 11.4. The lowest BCUT2D eigenvalue weighted by molar-refractivity contribution is 0.0696. The van der Waals surface area contributed by atoms with E-state index in [1.165, 1.54) is 35.1 Å². The van der Waals surface area contributed by atoms with Crippen LogP contribution in [0.15, 0.2) is 42.5 Å². The predicted octanol–water partition coefficient (Wildman–Crippen LogP) is 6.26. The summed E-state index contributed by atoms with van der Waals surface area (Å²) in [6, 6.07) is 11.7. The molecule has 0 spiro atoms. The van der Waals surface area contributed by atoms with Gasteiger partial charge < -0.3 is 5.11 Å². The molecule has 0 heterocycles. The fourth-order valence-electron chi connectivity index (χ4n) is 4.49. The summed E-state index contributed by atoms with van der Waals surface area (Å²) in [7, 11) is 0. The van der Waals surface area contributed by atoms with Crippen LogP contribution in [-0.4, -0.2) is 11.1 Å². The van der Waals surface area contributed by atoms with Gasteiger partial charge in [0.1, 0.15) is 0 Å². The van der Waals surface area contributed by atoms with Gasteiger partial charge in [-0.1, -0.05) is 56.3 Å². The highest BCUT2D eigenvalue weighted by Crippen LogP contribution is 2.46. The van der Waals surface area contributed by atoms with Gasteiger partial charge in [0.05, 0.1) is 5.56 Å². The second-order valence-corrected chi connectivity index (χ2v) is 8.14. The van der Waals surface area contributed by atoms with Crippen LogP contribution >= 0.6 is 0 Å². The van der Waals surface area contributed by atoms with Crippen LogP contribution in [0.2, 0.25) is 0 Å². The number of aryl methyl sites for hydroxylation is 2. The Hall–Kier alpha value is -2.35. The highest BCUT2D eigenvalue weighted by Gasteiger charge is 2.34. The van der Waals surface area contributed by atoms with Gasteiger partial charge in [0.15, 0.2) is 0 Å². The van der Waals surface area contributed by atoms with E-state index in [1.807, 2.05) is 18.2 Å². The van der Waals surface area contributed by atoms with Gasteiger partial charge in [0.2, 0.25) is 0 Å². The number of carboxylic acid groups (broad SMARTS) is 1. The molecule has 26 heavy (non-hydrogen) atoms. The van der Waals surface area contributed by atoms with Crippen molar-refractivity contribution in [2.24, 2.45) is 0 Å². The normalized spacial score (nSPS) is 18.7. The molecule has 1 aliphatic rings. The van der Waals surface area contributed by atoms with Crippen LogP contribution in [0, 0.1) is 13.8 Å². The molecule has 0 aliphatic heterocycles. The molecular weight excluding hydrogens is 320 g/mol. The third-order valence-electron chi connectivity index (χ3n) is 5.78. The van der Waals surface area contributed by atoms with Gasteiger partial charge in [-0.2, -0.15) is 0 Å². The number of carbonyl (C=O) groups is 1. The van der Waals surface area contributed by atoms with Crippen molar-refractivity contribution in [2.75, 3.05) is 0 Å². The van der Waals surface area contributed by atoms with Crippen molar-refractivity contribution < 1.29 is 9.90 Å². The Kier molecular flexibility index (Phi) is 5.04. The molecule has 3 rings (SSSR count). The first-order valence-electron chi connectivity index (χ1n) is 9.40. The van der Waals surface area contributed by atoms with Crippen molar-refractivity contribution in [1.82, 2.24) is 0 Å². The highest BCUT2D eigenvalue weighted by molar-refractivity contribution is 5.92. The number of hydrogen-bond acceptors (Lipinski definition) is 1. The largest absolute Gasteiger partial charge is 0.478 e. The fraction of sp³-hybridized carbons (Fsp3) is 0.375. The Balaban J connectivity index is 1.89. The van der Waals surface area contributed by atoms with E-state index in [4.69, 9.17) is 0 Å². The Morgan fingerprint density at radius 1 is 1.15 bits per heavy atom. The minimum Gasteiger partial charge on any atom is -0.478 e. The van der Waals surface area contributed by atoms with Crippen LogP contribution in [0.25, 0.3) is 6.08 Å². The Morgan fingerprint density at radius 3 is 2.58 bits per heavy atom. The molecule has 0 aromatic heterocycles. The number of benzene rings is 2. The topological polar surface area (TPSA) is 37.3 Å². The van der Waals surface area contributed by atoms with Crippen LogP contribution < -0.4 is 0 Å². The SMILES string of the molecule is Cc1ccc(C)c2c1C(C/C=C/c1ccccc1C(=O)O)CCC2(C)C. The van der Waals surface area contributed by atoms with Gasteiger partial charge in [-0.25, -0.2) is 4.79 Å². The zero-order chi connectivity index (χ0) is 18.9. The van der Waals surface area contributed by atoms with E-state index >= 15 is 0 Å². The van der Waals surface area contributed by atoms with Crippen LogP contribution in [0.3, 0.4) is 0 Å². The van der Waals surface area contributed by atoms with Crippen LogP contribution in [0.1, 0.15) is 77.2 Å². The van der Waals surface area contributed by atoms with E-state index in [2.05, 4.69) is 45.9 Å². The Labute approximate surface area is 156 Å². The molecule has 1 atom stereocenters. The Morgan fingerprint density at radius 2 is 1.85 bits per heavy atom. The quantitative estimate of drug-likeness (QED) is 0.708. The molecule has 2 aromatic carbocycles. The smallest absolute Gasteiger partial charge is 0.336 e. The maximum Gasteiger partial charge on any atom is 0.336 e. The molecule has 2 nitrogen and oxygen atoms in total. The summed E-state index contributed by atoms with van der Waals surface area (Å²) in [4.78, 5) is 11.4. The number of hydrogen-bond donors (Lipinski definition) is 1. The summed E-state index contributed by atoms with van der Waals surface area (Å²) >= 11 is 0. The summed E-state index contributed by atoms with van der Waals surface area (Å²) in [5.41, 5.74) is 7.16. The van der Waals surface area contributed by atoms with Crippen molar-refractivity contribution >= 4 is 12.0 Å². The average molecular weight is 348 g/mol. The molecule has 1 N–H and O–H groups in total. The minimum absolute atomic E-state index is 0.224. The predicted molar refractivity (Wildman–Crippen MR) is 108 cm³/mol. The Bertz CT molecular complexity index is 859. The molecule has 0 saturated carbocycles. The van der Waals surface area contributed by atoms with Crippen LogP contribution in [0.4, 0.5) is 0 Å². The van der Waals surface area contributed by atoms with E-state index in [0.717, 1.165) is 12.0 Å². The molecule has 2 aromatic rings. The number of aromatic carboxylic acids is 1. The van der Waals surface area contributed by atoms with Crippen molar-refractivity contribution in [1.29, 1.82) is 0 Å². The highest BCUT2D eigenvalue weighted by atomic mass is 16.4. The summed E-state index contributed by atoms with van der Waals surface area (Å²) in [5.74, 6) is -0.368. The molecule has 0 saturated heterocycles. The average Bonchev–Trinajstić information content (AvgIpc) is 2.59. The standard InChI is InChI=1S/C24H28O2/c1-16-12-13-17(2)22-21(16)19(14-15-24(22,3)4)10-7-9-18-8-5-6-11-20(18)23(25)26/h5-9,11-13,19H,10,14-15H2,1-4H3,(H,25,26)/b9-7+. The lowest BCUT2D eigenvalue weighted by Crippen LogP contribution is -2.28. The fourth-order valence-corrected chi connectivity index (χ4v) is 4.49. The number of fused-ring (bicyclic) bond motifs is 1. The molecule has 0 fully saturated rings. The third-order valence-corrected chi connectivity index (χ3v) is 5.78. The van der Waals surface area contributed by atoms with E-state index in [1.54, 1.807) is 12.1 Å². The summed E-state index contributed by atoms with van der Waals surface area (Å²) < 4.78 is 0. The van der Waals surface area contributed by atoms with Gasteiger partial charge in [-0.15, -0.1) is 0 Å². The zero-order valence-corrected chi connectivity index (χ0v) is 16.2. The first-order chi connectivity index (χ1) is 12.3. The molecule has 0 amide bonds. The number of allylic oxidation sites excluding steroid dienone is 1. The molecular formula is C24H28O2. The summed E-state index contributed by atoms with van der Waals surface area (Å²) in [6.45, 7) is 9.15. The first kappa shape index (κ1) is 18.4. The number of carboxylic acids is 1. The summed E-state index contributed by atoms with van der Waals surface area (Å²) in [6.07, 6.45) is 7.43. The molecule has 136 valence electrons. The van der Waals surface area contributed by atoms with Crippen molar-refractivity contribution in [3.05, 3.63) is 75.9 Å². The van der Waals surface area contributed by atoms with E-state index in [-0.39, 0.29) is 5.41 Å². The van der Waals surface area contributed by atoms with Gasteiger partial charge in [0.25, 0.3) is 0 Å². The second-order valence-electron chi connectivity index (χ2n) is 8.14. The van der Waals surface area contributed by atoms with Crippen molar-refractivity contribution in [3.8, 4) is 0 Å². The lowest BCUT2D eigenvalue weighted by Gasteiger charge is -2.39. The van der Waals surface area contributed by atoms with Gasteiger partial charge >= 0.3 is 5.97 Å². The molecule has 0 radical (unpaired) electrons. The first-order valence-corrected chi connectivity index (χ1v) is 9.40. The zero-order valence-electron chi connectivity index (χ0n) is 16.2. The monoisotopic (exact) mass is 348 g/mol. The van der Waals surface area contributed by atoms with E-state index in [9.17, 15) is 9.90 Å².